The molecule has 1 saturated heterocycles. The minimum absolute atomic E-state index is 0.0689. The van der Waals surface area contributed by atoms with Crippen LogP contribution in [0.4, 0.5) is 10.6 Å². The molecular formula is C25H40N5O+. The molecule has 6 nitrogen and oxygen atoms in total. The van der Waals surface area contributed by atoms with Crippen LogP contribution in [-0.2, 0) is 6.42 Å². The van der Waals surface area contributed by atoms with Crippen LogP contribution < -0.4 is 9.80 Å². The van der Waals surface area contributed by atoms with Gasteiger partial charge in [-0.25, -0.2) is 4.79 Å². The second kappa shape index (κ2) is 8.47. The summed E-state index contributed by atoms with van der Waals surface area (Å²) in [5.41, 5.74) is 4.23. The molecule has 1 fully saturated rings. The van der Waals surface area contributed by atoms with Crippen molar-refractivity contribution < 1.29 is 4.79 Å². The van der Waals surface area contributed by atoms with Gasteiger partial charge in [-0.2, -0.15) is 0 Å². The summed E-state index contributed by atoms with van der Waals surface area (Å²) in [4.78, 5) is 20.9. The van der Waals surface area contributed by atoms with Gasteiger partial charge in [-0.15, -0.1) is 0 Å². The summed E-state index contributed by atoms with van der Waals surface area (Å²) < 4.78 is 0.938. The lowest BCUT2D eigenvalue weighted by Gasteiger charge is -2.46. The third-order valence-corrected chi connectivity index (χ3v) is 8.14. The van der Waals surface area contributed by atoms with E-state index in [4.69, 9.17) is 0 Å². The second-order valence-corrected chi connectivity index (χ2v) is 9.62. The van der Waals surface area contributed by atoms with E-state index in [0.29, 0.717) is 12.0 Å². The maximum absolute atomic E-state index is 12.7. The molecule has 2 amide bonds. The van der Waals surface area contributed by atoms with Crippen LogP contribution in [0.1, 0.15) is 51.2 Å². The van der Waals surface area contributed by atoms with E-state index in [1.54, 1.807) is 0 Å². The van der Waals surface area contributed by atoms with Crippen molar-refractivity contribution in [2.45, 2.75) is 58.5 Å². The molecule has 1 unspecified atom stereocenters. The zero-order chi connectivity index (χ0) is 22.3. The summed E-state index contributed by atoms with van der Waals surface area (Å²) in [6, 6.07) is 7.49. The summed E-state index contributed by atoms with van der Waals surface area (Å²) in [5, 5.41) is 4.76. The number of aromatic amines is 1. The van der Waals surface area contributed by atoms with Gasteiger partial charge in [0, 0.05) is 48.6 Å². The standard InChI is InChI=1S/C25H39N5O/c1-7-29(8-2)25(31)26-17-14-19-18-12-11-13-21-23(18)20(15-22(19)28(5)16-17)24(27-21)30(6,9-3)10-4/h11-13,17,19,22,27H,7-10,14-16H2,1-6H3/p+1/t17-,19?,22+/m0/s1. The molecule has 3 atom stereocenters. The molecule has 1 aromatic carbocycles. The van der Waals surface area contributed by atoms with Crippen LogP contribution in [0.25, 0.3) is 10.9 Å². The number of amides is 2. The Morgan fingerprint density at radius 2 is 1.94 bits per heavy atom. The number of nitrogens with zero attached hydrogens (tertiary/aromatic N) is 3. The maximum Gasteiger partial charge on any atom is 0.317 e. The molecule has 2 heterocycles. The van der Waals surface area contributed by atoms with Crippen LogP contribution in [0, 0.1) is 0 Å². The van der Waals surface area contributed by atoms with Gasteiger partial charge in [0.05, 0.1) is 25.7 Å². The Labute approximate surface area is 187 Å². The number of carbonyl (C=O) groups excluding carboxylic acids is 1. The third-order valence-electron chi connectivity index (χ3n) is 8.14. The number of rotatable bonds is 6. The Bertz CT molecular complexity index is 943. The zero-order valence-electron chi connectivity index (χ0n) is 20.2. The average Bonchev–Trinajstić information content (AvgIpc) is 3.15. The van der Waals surface area contributed by atoms with E-state index in [2.05, 4.69) is 61.3 Å². The molecule has 2 N–H and O–H groups in total. The molecular weight excluding hydrogens is 386 g/mol. The molecule has 0 saturated carbocycles. The maximum atomic E-state index is 12.7. The van der Waals surface area contributed by atoms with Crippen LogP contribution in [0.5, 0.6) is 0 Å². The fraction of sp³-hybridized carbons (Fsp3) is 0.640. The largest absolute Gasteiger partial charge is 0.334 e. The Morgan fingerprint density at radius 3 is 2.58 bits per heavy atom. The molecule has 2 aliphatic rings. The molecule has 0 radical (unpaired) electrons. The topological polar surface area (TPSA) is 51.4 Å². The smallest absolute Gasteiger partial charge is 0.317 e. The van der Waals surface area contributed by atoms with Crippen LogP contribution in [-0.4, -0.2) is 79.7 Å². The Morgan fingerprint density at radius 1 is 1.23 bits per heavy atom. The predicted molar refractivity (Wildman–Crippen MR) is 130 cm³/mol. The van der Waals surface area contributed by atoms with E-state index in [0.717, 1.165) is 50.0 Å². The molecule has 4 rings (SSSR count). The highest BCUT2D eigenvalue weighted by Gasteiger charge is 2.43. The number of benzene rings is 1. The van der Waals surface area contributed by atoms with Crippen molar-refractivity contribution in [2.24, 2.45) is 0 Å². The Balaban J connectivity index is 1.70. The van der Waals surface area contributed by atoms with Crippen molar-refractivity contribution in [1.82, 2.24) is 24.6 Å². The fourth-order valence-electron chi connectivity index (χ4n) is 5.89. The van der Waals surface area contributed by atoms with Gasteiger partial charge >= 0.3 is 6.03 Å². The third kappa shape index (κ3) is 3.64. The van der Waals surface area contributed by atoms with Crippen LogP contribution in [0.2, 0.25) is 0 Å². The number of H-pyrrole nitrogens is 1. The van der Waals surface area contributed by atoms with Crippen LogP contribution in [0.3, 0.4) is 0 Å². The number of urea groups is 1. The van der Waals surface area contributed by atoms with E-state index in [-0.39, 0.29) is 12.1 Å². The molecule has 1 aromatic heterocycles. The molecule has 1 aliphatic carbocycles. The number of aromatic nitrogens is 1. The molecule has 0 bridgehead atoms. The van der Waals surface area contributed by atoms with Gasteiger partial charge in [0.2, 0.25) is 5.82 Å². The molecule has 2 aromatic rings. The number of quaternary nitrogens is 1. The Hall–Kier alpha value is -2.05. The summed E-state index contributed by atoms with van der Waals surface area (Å²) in [6.07, 6.45) is 2.09. The van der Waals surface area contributed by atoms with E-state index < -0.39 is 0 Å². The predicted octanol–water partition coefficient (Wildman–Crippen LogP) is 3.91. The van der Waals surface area contributed by atoms with Crippen molar-refractivity contribution in [3.63, 3.8) is 0 Å². The van der Waals surface area contributed by atoms with Crippen molar-refractivity contribution in [3.8, 4) is 0 Å². The molecule has 31 heavy (non-hydrogen) atoms. The lowest BCUT2D eigenvalue weighted by molar-refractivity contribution is 0.123. The van der Waals surface area contributed by atoms with E-state index in [9.17, 15) is 4.79 Å². The summed E-state index contributed by atoms with van der Waals surface area (Å²) in [7, 11) is 4.58. The second-order valence-electron chi connectivity index (χ2n) is 9.62. The van der Waals surface area contributed by atoms with Crippen molar-refractivity contribution in [2.75, 3.05) is 46.8 Å². The van der Waals surface area contributed by atoms with Gasteiger partial charge in [-0.05, 0) is 59.2 Å². The highest BCUT2D eigenvalue weighted by molar-refractivity contribution is 5.93. The minimum Gasteiger partial charge on any atom is -0.334 e. The number of piperidine rings is 1. The number of nitrogens with one attached hydrogen (secondary N) is 2. The molecule has 0 spiro atoms. The number of likely N-dealkylation sites (N-methyl/N-ethyl adjacent to an activating group) is 1. The highest BCUT2D eigenvalue weighted by atomic mass is 16.2. The SMILES string of the molecule is CCN(CC)C(=O)N[C@H]1CC2c3cccc4[nH]c([N+](C)(CC)CC)c(c34)C[C@H]2N(C)C1. The molecule has 1 aliphatic heterocycles. The first-order valence-electron chi connectivity index (χ1n) is 12.1. The van der Waals surface area contributed by atoms with Crippen LogP contribution in [0.15, 0.2) is 18.2 Å². The number of hydrogen-bond acceptors (Lipinski definition) is 2. The number of fused-ring (bicyclic) bond motifs is 2. The van der Waals surface area contributed by atoms with E-state index in [1.165, 1.54) is 27.8 Å². The first-order valence-corrected chi connectivity index (χ1v) is 12.1. The number of carbonyl (C=O) groups is 1. The monoisotopic (exact) mass is 426 g/mol. The highest BCUT2D eigenvalue weighted by Crippen LogP contribution is 2.46. The van der Waals surface area contributed by atoms with Gasteiger partial charge in [0.25, 0.3) is 0 Å². The van der Waals surface area contributed by atoms with Gasteiger partial charge < -0.3 is 20.1 Å². The van der Waals surface area contributed by atoms with Crippen LogP contribution >= 0.6 is 0 Å². The lowest BCUT2D eigenvalue weighted by atomic mass is 9.73. The number of likely N-dealkylation sites (tertiary alicyclic amines) is 1. The minimum atomic E-state index is 0.0689. The summed E-state index contributed by atoms with van der Waals surface area (Å²) >= 11 is 0. The van der Waals surface area contributed by atoms with Gasteiger partial charge in [-0.1, -0.05) is 12.1 Å². The zero-order valence-corrected chi connectivity index (χ0v) is 20.2. The fourth-order valence-corrected chi connectivity index (χ4v) is 5.89. The van der Waals surface area contributed by atoms with Crippen molar-refractivity contribution >= 4 is 22.8 Å². The summed E-state index contributed by atoms with van der Waals surface area (Å²) in [5.74, 6) is 1.83. The van der Waals surface area contributed by atoms with Gasteiger partial charge in [-0.3, -0.25) is 4.48 Å². The van der Waals surface area contributed by atoms with Gasteiger partial charge in [0.1, 0.15) is 0 Å². The average molecular weight is 427 g/mol. The lowest BCUT2D eigenvalue weighted by Crippen LogP contribution is -2.56. The summed E-state index contributed by atoms with van der Waals surface area (Å²) in [6.45, 7) is 13.2. The quantitative estimate of drug-likeness (QED) is 0.688. The van der Waals surface area contributed by atoms with Gasteiger partial charge in [0.15, 0.2) is 0 Å². The first kappa shape index (κ1) is 22.2. The van der Waals surface area contributed by atoms with Crippen molar-refractivity contribution in [1.29, 1.82) is 0 Å². The number of hydrogen-bond donors (Lipinski definition) is 2. The molecule has 170 valence electrons. The van der Waals surface area contributed by atoms with E-state index >= 15 is 0 Å². The van der Waals surface area contributed by atoms with E-state index in [1.807, 2.05) is 18.7 Å². The Kier molecular flexibility index (Phi) is 6.05. The molecule has 6 heteroatoms. The normalized spacial score (nSPS) is 23.6. The first-order chi connectivity index (χ1) is 14.9. The van der Waals surface area contributed by atoms with Crippen molar-refractivity contribution in [3.05, 3.63) is 29.3 Å².